The van der Waals surface area contributed by atoms with Gasteiger partial charge in [0.2, 0.25) is 5.91 Å². The van der Waals surface area contributed by atoms with Gasteiger partial charge < -0.3 is 15.4 Å². The zero-order valence-electron chi connectivity index (χ0n) is 14.9. The maximum atomic E-state index is 12.1. The van der Waals surface area contributed by atoms with Crippen LogP contribution in [0.15, 0.2) is 42.5 Å². The summed E-state index contributed by atoms with van der Waals surface area (Å²) in [5.41, 5.74) is 2.03. The Morgan fingerprint density at radius 1 is 1.11 bits per heavy atom. The minimum Gasteiger partial charge on any atom is -0.367 e. The quantitative estimate of drug-likeness (QED) is 0.717. The molecular formula is C19H18ClF3N2O3. The van der Waals surface area contributed by atoms with Gasteiger partial charge in [0, 0.05) is 16.3 Å². The molecule has 0 aliphatic carbocycles. The summed E-state index contributed by atoms with van der Waals surface area (Å²) in [5.74, 6) is -0.906. The molecule has 2 amide bonds. The predicted octanol–water partition coefficient (Wildman–Crippen LogP) is 4.10. The van der Waals surface area contributed by atoms with E-state index in [1.807, 2.05) is 0 Å². The Labute approximate surface area is 164 Å². The maximum Gasteiger partial charge on any atom is 0.411 e. The van der Waals surface area contributed by atoms with Gasteiger partial charge in [-0.3, -0.25) is 9.59 Å². The first-order valence-electron chi connectivity index (χ1n) is 8.22. The molecule has 0 aliphatic rings. The lowest BCUT2D eigenvalue weighted by atomic mass is 10.1. The van der Waals surface area contributed by atoms with Gasteiger partial charge in [-0.05, 0) is 42.3 Å². The molecule has 0 radical (unpaired) electrons. The first kappa shape index (κ1) is 21.7. The van der Waals surface area contributed by atoms with E-state index in [1.54, 1.807) is 25.1 Å². The monoisotopic (exact) mass is 414 g/mol. The minimum absolute atomic E-state index is 0.219. The van der Waals surface area contributed by atoms with Crippen LogP contribution in [0.25, 0.3) is 0 Å². The highest BCUT2D eigenvalue weighted by atomic mass is 35.5. The summed E-state index contributed by atoms with van der Waals surface area (Å²) in [6.45, 7) is -0.0447. The maximum absolute atomic E-state index is 12.1. The average molecular weight is 415 g/mol. The van der Waals surface area contributed by atoms with Crippen molar-refractivity contribution in [3.63, 3.8) is 0 Å². The van der Waals surface area contributed by atoms with E-state index >= 15 is 0 Å². The molecule has 0 bridgehead atoms. The fourth-order valence-electron chi connectivity index (χ4n) is 2.24. The number of anilines is 1. The largest absolute Gasteiger partial charge is 0.411 e. The van der Waals surface area contributed by atoms with Crippen LogP contribution in [0.5, 0.6) is 0 Å². The molecule has 0 atom stereocenters. The van der Waals surface area contributed by atoms with Crippen molar-refractivity contribution in [2.75, 3.05) is 18.5 Å². The van der Waals surface area contributed by atoms with Crippen molar-refractivity contribution in [1.29, 1.82) is 0 Å². The number of ether oxygens (including phenoxy) is 1. The van der Waals surface area contributed by atoms with Crippen LogP contribution >= 0.6 is 11.6 Å². The number of hydrogen-bond donors (Lipinski definition) is 2. The summed E-state index contributed by atoms with van der Waals surface area (Å²) in [6, 6.07) is 11.0. The lowest BCUT2D eigenvalue weighted by Crippen LogP contribution is -2.33. The molecule has 2 N–H and O–H groups in total. The SMILES string of the molecule is Cc1c(Cl)cccc1NC(=O)CNC(=O)c1ccc(COCC(F)(F)F)cc1. The molecule has 0 aliphatic heterocycles. The van der Waals surface area contributed by atoms with E-state index in [2.05, 4.69) is 15.4 Å². The Balaban J connectivity index is 1.82. The summed E-state index contributed by atoms with van der Waals surface area (Å²) >= 11 is 5.99. The summed E-state index contributed by atoms with van der Waals surface area (Å²) in [4.78, 5) is 24.1. The topological polar surface area (TPSA) is 67.4 Å². The van der Waals surface area contributed by atoms with E-state index in [4.69, 9.17) is 11.6 Å². The number of halogens is 4. The van der Waals surface area contributed by atoms with E-state index < -0.39 is 24.6 Å². The zero-order valence-corrected chi connectivity index (χ0v) is 15.7. The van der Waals surface area contributed by atoms with Crippen molar-refractivity contribution < 1.29 is 27.5 Å². The molecule has 5 nitrogen and oxygen atoms in total. The van der Waals surface area contributed by atoms with E-state index in [0.29, 0.717) is 21.8 Å². The first-order chi connectivity index (χ1) is 13.2. The van der Waals surface area contributed by atoms with E-state index in [9.17, 15) is 22.8 Å². The van der Waals surface area contributed by atoms with Gasteiger partial charge in [0.25, 0.3) is 5.91 Å². The van der Waals surface area contributed by atoms with Crippen LogP contribution in [0, 0.1) is 6.92 Å². The zero-order chi connectivity index (χ0) is 20.7. The predicted molar refractivity (Wildman–Crippen MR) is 99.3 cm³/mol. The molecule has 0 saturated carbocycles. The molecule has 0 unspecified atom stereocenters. The molecule has 0 spiro atoms. The second kappa shape index (κ2) is 9.57. The van der Waals surface area contributed by atoms with Gasteiger partial charge in [0.1, 0.15) is 6.61 Å². The molecule has 150 valence electrons. The van der Waals surface area contributed by atoms with Crippen molar-refractivity contribution in [2.24, 2.45) is 0 Å². The Morgan fingerprint density at radius 3 is 2.43 bits per heavy atom. The highest BCUT2D eigenvalue weighted by Crippen LogP contribution is 2.22. The molecule has 2 aromatic rings. The van der Waals surface area contributed by atoms with Crippen LogP contribution in [-0.2, 0) is 16.1 Å². The molecule has 2 aromatic carbocycles. The summed E-state index contributed by atoms with van der Waals surface area (Å²) < 4.78 is 40.7. The Kier molecular flexibility index (Phi) is 7.42. The summed E-state index contributed by atoms with van der Waals surface area (Å²) in [6.07, 6.45) is -4.38. The highest BCUT2D eigenvalue weighted by molar-refractivity contribution is 6.31. The number of alkyl halides is 3. The van der Waals surface area contributed by atoms with Crippen molar-refractivity contribution in [3.8, 4) is 0 Å². The summed E-state index contributed by atoms with van der Waals surface area (Å²) in [7, 11) is 0. The third-order valence-electron chi connectivity index (χ3n) is 3.70. The van der Waals surface area contributed by atoms with Gasteiger partial charge in [-0.2, -0.15) is 13.2 Å². The normalized spacial score (nSPS) is 11.2. The average Bonchev–Trinajstić information content (AvgIpc) is 2.63. The van der Waals surface area contributed by atoms with Crippen molar-refractivity contribution in [3.05, 3.63) is 64.2 Å². The molecule has 0 saturated heterocycles. The van der Waals surface area contributed by atoms with Gasteiger partial charge >= 0.3 is 6.18 Å². The second-order valence-corrected chi connectivity index (χ2v) is 6.36. The molecular weight excluding hydrogens is 397 g/mol. The summed E-state index contributed by atoms with van der Waals surface area (Å²) in [5, 5.41) is 5.64. The van der Waals surface area contributed by atoms with Crippen LogP contribution in [0.2, 0.25) is 5.02 Å². The van der Waals surface area contributed by atoms with E-state index in [-0.39, 0.29) is 18.7 Å². The highest BCUT2D eigenvalue weighted by Gasteiger charge is 2.27. The fraction of sp³-hybridized carbons (Fsp3) is 0.263. The third kappa shape index (κ3) is 6.86. The van der Waals surface area contributed by atoms with Gasteiger partial charge in [0.05, 0.1) is 13.2 Å². The lowest BCUT2D eigenvalue weighted by Gasteiger charge is -2.10. The molecule has 2 rings (SSSR count). The van der Waals surface area contributed by atoms with Crippen LogP contribution in [0.4, 0.5) is 18.9 Å². The fourth-order valence-corrected chi connectivity index (χ4v) is 2.41. The van der Waals surface area contributed by atoms with Crippen LogP contribution in [0.1, 0.15) is 21.5 Å². The number of rotatable bonds is 7. The van der Waals surface area contributed by atoms with E-state index in [0.717, 1.165) is 0 Å². The van der Waals surface area contributed by atoms with Crippen LogP contribution < -0.4 is 10.6 Å². The number of carbonyl (C=O) groups excluding carboxylic acids is 2. The van der Waals surface area contributed by atoms with Crippen molar-refractivity contribution in [2.45, 2.75) is 19.7 Å². The number of carbonyl (C=O) groups is 2. The molecule has 0 fully saturated rings. The molecule has 9 heteroatoms. The van der Waals surface area contributed by atoms with E-state index in [1.165, 1.54) is 24.3 Å². The Hall–Kier alpha value is -2.58. The van der Waals surface area contributed by atoms with Gasteiger partial charge in [-0.15, -0.1) is 0 Å². The van der Waals surface area contributed by atoms with Crippen LogP contribution in [-0.4, -0.2) is 31.1 Å². The van der Waals surface area contributed by atoms with Crippen LogP contribution in [0.3, 0.4) is 0 Å². The third-order valence-corrected chi connectivity index (χ3v) is 4.11. The van der Waals surface area contributed by atoms with Gasteiger partial charge in [-0.1, -0.05) is 29.8 Å². The van der Waals surface area contributed by atoms with Crippen molar-refractivity contribution >= 4 is 29.1 Å². The Morgan fingerprint density at radius 2 is 1.79 bits per heavy atom. The number of benzene rings is 2. The second-order valence-electron chi connectivity index (χ2n) is 5.95. The molecule has 28 heavy (non-hydrogen) atoms. The number of hydrogen-bond acceptors (Lipinski definition) is 3. The smallest absolute Gasteiger partial charge is 0.367 e. The van der Waals surface area contributed by atoms with Crippen molar-refractivity contribution in [1.82, 2.24) is 5.32 Å². The number of nitrogens with one attached hydrogen (secondary N) is 2. The lowest BCUT2D eigenvalue weighted by molar-refractivity contribution is -0.176. The number of amides is 2. The first-order valence-corrected chi connectivity index (χ1v) is 8.60. The Bertz CT molecular complexity index is 839. The van der Waals surface area contributed by atoms with Gasteiger partial charge in [-0.25, -0.2) is 0 Å². The van der Waals surface area contributed by atoms with Gasteiger partial charge in [0.15, 0.2) is 0 Å². The minimum atomic E-state index is -4.38. The molecule has 0 heterocycles. The molecule has 0 aromatic heterocycles. The standard InChI is InChI=1S/C19H18ClF3N2O3/c1-12-15(20)3-2-4-16(12)25-17(26)9-24-18(27)14-7-5-13(6-8-14)10-28-11-19(21,22)23/h2-8H,9-11H2,1H3,(H,24,27)(H,25,26).